The summed E-state index contributed by atoms with van der Waals surface area (Å²) in [4.78, 5) is 39.8. The van der Waals surface area contributed by atoms with Gasteiger partial charge in [0.2, 0.25) is 0 Å². The van der Waals surface area contributed by atoms with Crippen molar-refractivity contribution in [2.45, 2.75) is 25.8 Å². The number of nitrogens with zero attached hydrogens (tertiary/aromatic N) is 1. The van der Waals surface area contributed by atoms with Crippen molar-refractivity contribution in [3.63, 3.8) is 0 Å². The smallest absolute Gasteiger partial charge is 0.255 e. The average Bonchev–Trinajstić information content (AvgIpc) is 2.86. The van der Waals surface area contributed by atoms with Gasteiger partial charge in [0, 0.05) is 41.5 Å². The van der Waals surface area contributed by atoms with E-state index in [0.717, 1.165) is 5.56 Å². The molecule has 3 aromatic rings. The Morgan fingerprint density at radius 1 is 0.824 bits per heavy atom. The molecule has 34 heavy (non-hydrogen) atoms. The van der Waals surface area contributed by atoms with E-state index in [2.05, 4.69) is 10.6 Å². The predicted octanol–water partition coefficient (Wildman–Crippen LogP) is 4.42. The van der Waals surface area contributed by atoms with Crippen molar-refractivity contribution >= 4 is 23.4 Å². The van der Waals surface area contributed by atoms with Crippen LogP contribution in [0.15, 0.2) is 72.8 Å². The molecule has 0 saturated carbocycles. The van der Waals surface area contributed by atoms with Crippen molar-refractivity contribution in [3.8, 4) is 0 Å². The Hall–Kier alpha value is -4.00. The molecular formula is C27H26FN3O3. The van der Waals surface area contributed by atoms with Crippen molar-refractivity contribution in [2.24, 2.45) is 0 Å². The van der Waals surface area contributed by atoms with Gasteiger partial charge in [-0.1, -0.05) is 24.3 Å². The molecule has 4 rings (SSSR count). The number of carbonyl (C=O) groups is 3. The molecule has 0 bridgehead atoms. The topological polar surface area (TPSA) is 78.5 Å². The van der Waals surface area contributed by atoms with E-state index in [4.69, 9.17) is 0 Å². The molecule has 0 spiro atoms. The van der Waals surface area contributed by atoms with Crippen molar-refractivity contribution < 1.29 is 18.8 Å². The SMILES string of the molecule is Cc1ccc(C(=O)N2CCC(NC(=O)c3ccc(F)cc3)CC2)cc1NC(=O)c1ccccc1. The summed E-state index contributed by atoms with van der Waals surface area (Å²) in [7, 11) is 0. The normalized spacial score (nSPS) is 13.9. The van der Waals surface area contributed by atoms with Crippen molar-refractivity contribution in [1.82, 2.24) is 10.2 Å². The van der Waals surface area contributed by atoms with E-state index >= 15 is 0 Å². The second kappa shape index (κ2) is 10.3. The lowest BCUT2D eigenvalue weighted by Gasteiger charge is -2.32. The molecule has 6 nitrogen and oxygen atoms in total. The number of hydrogen-bond donors (Lipinski definition) is 2. The van der Waals surface area contributed by atoms with Crippen LogP contribution in [0.3, 0.4) is 0 Å². The molecular weight excluding hydrogens is 433 g/mol. The summed E-state index contributed by atoms with van der Waals surface area (Å²) >= 11 is 0. The molecule has 3 amide bonds. The molecule has 7 heteroatoms. The Kier molecular flexibility index (Phi) is 7.01. The Morgan fingerprint density at radius 3 is 2.12 bits per heavy atom. The van der Waals surface area contributed by atoms with Crippen LogP contribution in [0.2, 0.25) is 0 Å². The Morgan fingerprint density at radius 2 is 1.44 bits per heavy atom. The van der Waals surface area contributed by atoms with Crippen LogP contribution in [0.1, 0.15) is 49.5 Å². The largest absolute Gasteiger partial charge is 0.349 e. The van der Waals surface area contributed by atoms with Gasteiger partial charge in [-0.05, 0) is 73.9 Å². The van der Waals surface area contributed by atoms with Gasteiger partial charge >= 0.3 is 0 Å². The second-order valence-corrected chi connectivity index (χ2v) is 8.40. The highest BCUT2D eigenvalue weighted by Crippen LogP contribution is 2.21. The third-order valence-corrected chi connectivity index (χ3v) is 5.99. The van der Waals surface area contributed by atoms with Crippen LogP contribution in [-0.2, 0) is 0 Å². The maximum atomic E-state index is 13.1. The Labute approximate surface area is 197 Å². The highest BCUT2D eigenvalue weighted by molar-refractivity contribution is 6.05. The molecule has 1 aliphatic rings. The summed E-state index contributed by atoms with van der Waals surface area (Å²) in [6, 6.07) is 19.6. The molecule has 1 fully saturated rings. The van der Waals surface area contributed by atoms with Crippen LogP contribution < -0.4 is 10.6 Å². The van der Waals surface area contributed by atoms with Crippen LogP contribution in [0.25, 0.3) is 0 Å². The maximum absolute atomic E-state index is 13.1. The van der Waals surface area contributed by atoms with Gasteiger partial charge in [-0.2, -0.15) is 0 Å². The number of piperidine rings is 1. The van der Waals surface area contributed by atoms with Crippen molar-refractivity contribution in [2.75, 3.05) is 18.4 Å². The van der Waals surface area contributed by atoms with E-state index in [1.54, 1.807) is 41.3 Å². The number of aryl methyl sites for hydroxylation is 1. The van der Waals surface area contributed by atoms with E-state index in [9.17, 15) is 18.8 Å². The zero-order valence-electron chi connectivity index (χ0n) is 18.9. The van der Waals surface area contributed by atoms with Crippen molar-refractivity contribution in [1.29, 1.82) is 0 Å². The van der Waals surface area contributed by atoms with Gasteiger partial charge in [0.25, 0.3) is 17.7 Å². The molecule has 2 N–H and O–H groups in total. The molecule has 3 aromatic carbocycles. The first-order chi connectivity index (χ1) is 16.4. The summed E-state index contributed by atoms with van der Waals surface area (Å²) in [5.41, 5.74) is 2.92. The number of nitrogens with one attached hydrogen (secondary N) is 2. The van der Waals surface area contributed by atoms with Gasteiger partial charge in [0.05, 0.1) is 0 Å². The minimum atomic E-state index is -0.387. The van der Waals surface area contributed by atoms with Crippen LogP contribution in [0.4, 0.5) is 10.1 Å². The lowest BCUT2D eigenvalue weighted by molar-refractivity contribution is 0.0697. The van der Waals surface area contributed by atoms with Crippen LogP contribution >= 0.6 is 0 Å². The summed E-state index contributed by atoms with van der Waals surface area (Å²) in [6.07, 6.45) is 1.25. The van der Waals surface area contributed by atoms with Crippen LogP contribution in [-0.4, -0.2) is 41.8 Å². The van der Waals surface area contributed by atoms with Gasteiger partial charge in [-0.3, -0.25) is 14.4 Å². The molecule has 1 heterocycles. The number of rotatable bonds is 5. The van der Waals surface area contributed by atoms with Gasteiger partial charge < -0.3 is 15.5 Å². The molecule has 0 aliphatic carbocycles. The summed E-state index contributed by atoms with van der Waals surface area (Å²) in [5.74, 6) is -0.978. The second-order valence-electron chi connectivity index (χ2n) is 8.40. The van der Waals surface area contributed by atoms with E-state index < -0.39 is 0 Å². The number of amides is 3. The fourth-order valence-corrected chi connectivity index (χ4v) is 3.95. The molecule has 0 aromatic heterocycles. The van der Waals surface area contributed by atoms with Gasteiger partial charge in [0.1, 0.15) is 5.82 Å². The van der Waals surface area contributed by atoms with E-state index in [-0.39, 0.29) is 29.6 Å². The molecule has 0 unspecified atom stereocenters. The average molecular weight is 460 g/mol. The van der Waals surface area contributed by atoms with Gasteiger partial charge in [0.15, 0.2) is 0 Å². The first kappa shape index (κ1) is 23.2. The molecule has 1 aliphatic heterocycles. The standard InChI is InChI=1S/C27H26FN3O3/c1-18-7-8-21(17-24(18)30-26(33)19-5-3-2-4-6-19)27(34)31-15-13-23(14-16-31)29-25(32)20-9-11-22(28)12-10-20/h2-12,17,23H,13-16H2,1H3,(H,29,32)(H,30,33). The van der Waals surface area contributed by atoms with E-state index in [1.807, 2.05) is 19.1 Å². The highest BCUT2D eigenvalue weighted by Gasteiger charge is 2.25. The maximum Gasteiger partial charge on any atom is 0.255 e. The molecule has 0 atom stereocenters. The van der Waals surface area contributed by atoms with Gasteiger partial charge in [-0.25, -0.2) is 4.39 Å². The zero-order chi connectivity index (χ0) is 24.1. The number of carbonyl (C=O) groups excluding carboxylic acids is 3. The van der Waals surface area contributed by atoms with E-state index in [1.165, 1.54) is 24.3 Å². The molecule has 1 saturated heterocycles. The monoisotopic (exact) mass is 459 g/mol. The molecule has 174 valence electrons. The number of benzene rings is 3. The predicted molar refractivity (Wildman–Crippen MR) is 128 cm³/mol. The third-order valence-electron chi connectivity index (χ3n) is 5.99. The van der Waals surface area contributed by atoms with Crippen LogP contribution in [0.5, 0.6) is 0 Å². The summed E-state index contributed by atoms with van der Waals surface area (Å²) < 4.78 is 13.1. The van der Waals surface area contributed by atoms with Crippen molar-refractivity contribution in [3.05, 3.63) is 101 Å². The number of hydrogen-bond acceptors (Lipinski definition) is 3. The highest BCUT2D eigenvalue weighted by atomic mass is 19.1. The summed E-state index contributed by atoms with van der Waals surface area (Å²) in [5, 5.41) is 5.85. The zero-order valence-corrected chi connectivity index (χ0v) is 18.9. The summed E-state index contributed by atoms with van der Waals surface area (Å²) in [6.45, 7) is 2.89. The van der Waals surface area contributed by atoms with Crippen LogP contribution in [0, 0.1) is 12.7 Å². The first-order valence-electron chi connectivity index (χ1n) is 11.2. The number of halogens is 1. The number of likely N-dealkylation sites (tertiary alicyclic amines) is 1. The minimum Gasteiger partial charge on any atom is -0.349 e. The fraction of sp³-hybridized carbons (Fsp3) is 0.222. The van der Waals surface area contributed by atoms with Gasteiger partial charge in [-0.15, -0.1) is 0 Å². The molecule has 0 radical (unpaired) electrons. The Bertz CT molecular complexity index is 1190. The fourth-order valence-electron chi connectivity index (χ4n) is 3.95. The Balaban J connectivity index is 1.35. The lowest BCUT2D eigenvalue weighted by atomic mass is 10.0. The first-order valence-corrected chi connectivity index (χ1v) is 11.2. The van der Waals surface area contributed by atoms with E-state index in [0.29, 0.717) is 48.3 Å². The lowest BCUT2D eigenvalue weighted by Crippen LogP contribution is -2.46. The third kappa shape index (κ3) is 5.49. The number of anilines is 1. The minimum absolute atomic E-state index is 0.0552. The quantitative estimate of drug-likeness (QED) is 0.593.